The number of hydrogen-bond acceptors (Lipinski definition) is 5. The van der Waals surface area contributed by atoms with Gasteiger partial charge in [0.05, 0.1) is 0 Å². The Morgan fingerprint density at radius 2 is 1.79 bits per heavy atom. The topological polar surface area (TPSA) is 58.3 Å². The van der Waals surface area contributed by atoms with Crippen LogP contribution in [-0.4, -0.2) is 39.4 Å². The molecule has 1 saturated heterocycles. The molecule has 6 nitrogen and oxygen atoms in total. The molecule has 7 heteroatoms. The van der Waals surface area contributed by atoms with E-state index in [4.69, 9.17) is 0 Å². The normalized spacial score (nSPS) is 16.4. The van der Waals surface area contributed by atoms with Crippen molar-refractivity contribution in [1.29, 1.82) is 0 Å². The minimum absolute atomic E-state index is 0.198. The Kier molecular flexibility index (Phi) is 4.56. The van der Waals surface area contributed by atoms with Gasteiger partial charge < -0.3 is 10.2 Å². The van der Waals surface area contributed by atoms with Crippen LogP contribution in [0.2, 0.25) is 0 Å². The van der Waals surface area contributed by atoms with Gasteiger partial charge in [0.15, 0.2) is 11.5 Å². The highest BCUT2D eigenvalue weighted by atomic mass is 19.1. The molecule has 4 aromatic rings. The lowest BCUT2D eigenvalue weighted by molar-refractivity contribution is 0.619. The lowest BCUT2D eigenvalue weighted by atomic mass is 10.1. The van der Waals surface area contributed by atoms with Crippen molar-refractivity contribution >= 4 is 17.2 Å². The minimum atomic E-state index is -0.198. The monoisotopic (exact) mass is 388 g/mol. The summed E-state index contributed by atoms with van der Waals surface area (Å²) < 4.78 is 14.9. The third kappa shape index (κ3) is 3.63. The van der Waals surface area contributed by atoms with Crippen molar-refractivity contribution in [3.63, 3.8) is 0 Å². The Hall–Kier alpha value is -3.48. The van der Waals surface area contributed by atoms with Gasteiger partial charge in [-0.3, -0.25) is 0 Å². The molecule has 0 bridgehead atoms. The second-order valence-electron chi connectivity index (χ2n) is 7.34. The van der Waals surface area contributed by atoms with Gasteiger partial charge in [-0.25, -0.2) is 4.39 Å². The molecule has 0 aliphatic carbocycles. The maximum atomic E-state index is 13.1. The largest absolute Gasteiger partial charge is 0.371 e. The summed E-state index contributed by atoms with van der Waals surface area (Å²) in [5.74, 6) is 1.84. The van der Waals surface area contributed by atoms with Crippen LogP contribution in [0.25, 0.3) is 17.0 Å². The lowest BCUT2D eigenvalue weighted by Gasteiger charge is -2.19. The van der Waals surface area contributed by atoms with Crippen molar-refractivity contribution in [2.24, 2.45) is 5.92 Å². The zero-order chi connectivity index (χ0) is 19.6. The maximum Gasteiger partial charge on any atom is 0.185 e. The van der Waals surface area contributed by atoms with Crippen molar-refractivity contribution < 1.29 is 4.39 Å². The molecule has 0 amide bonds. The van der Waals surface area contributed by atoms with Crippen LogP contribution < -0.4 is 10.2 Å². The van der Waals surface area contributed by atoms with Crippen molar-refractivity contribution in [2.45, 2.75) is 6.42 Å². The second kappa shape index (κ2) is 7.50. The van der Waals surface area contributed by atoms with Crippen LogP contribution in [0.4, 0.5) is 15.9 Å². The lowest BCUT2D eigenvalue weighted by Crippen LogP contribution is -2.22. The number of benzene rings is 2. The van der Waals surface area contributed by atoms with E-state index in [1.54, 1.807) is 4.52 Å². The van der Waals surface area contributed by atoms with E-state index in [0.717, 1.165) is 54.6 Å². The van der Waals surface area contributed by atoms with Gasteiger partial charge >= 0.3 is 0 Å². The molecular formula is C22H21FN6. The highest BCUT2D eigenvalue weighted by Gasteiger charge is 2.22. The Morgan fingerprint density at radius 1 is 0.966 bits per heavy atom. The number of rotatable bonds is 5. The summed E-state index contributed by atoms with van der Waals surface area (Å²) in [6.45, 7) is 2.76. The summed E-state index contributed by atoms with van der Waals surface area (Å²) in [6.07, 6.45) is 1.09. The van der Waals surface area contributed by atoms with E-state index in [9.17, 15) is 4.39 Å². The average molecular weight is 388 g/mol. The summed E-state index contributed by atoms with van der Waals surface area (Å²) in [5, 5.41) is 16.6. The van der Waals surface area contributed by atoms with Crippen LogP contribution in [0.3, 0.4) is 0 Å². The quantitative estimate of drug-likeness (QED) is 0.562. The van der Waals surface area contributed by atoms with Gasteiger partial charge in [0.25, 0.3) is 0 Å². The highest BCUT2D eigenvalue weighted by molar-refractivity contribution is 5.59. The number of nitrogens with one attached hydrogen (secondary N) is 1. The van der Waals surface area contributed by atoms with E-state index >= 15 is 0 Å². The van der Waals surface area contributed by atoms with Gasteiger partial charge in [0, 0.05) is 30.9 Å². The van der Waals surface area contributed by atoms with Crippen molar-refractivity contribution in [3.8, 4) is 11.4 Å². The Bertz CT molecular complexity index is 1110. The molecule has 1 fully saturated rings. The van der Waals surface area contributed by atoms with E-state index in [-0.39, 0.29) is 5.82 Å². The van der Waals surface area contributed by atoms with Crippen LogP contribution in [0.15, 0.2) is 66.7 Å². The molecule has 0 radical (unpaired) electrons. The fourth-order valence-electron chi connectivity index (χ4n) is 3.78. The molecule has 0 unspecified atom stereocenters. The van der Waals surface area contributed by atoms with Gasteiger partial charge in [-0.2, -0.15) is 4.52 Å². The van der Waals surface area contributed by atoms with Gasteiger partial charge in [-0.1, -0.05) is 30.3 Å². The molecule has 0 spiro atoms. The zero-order valence-corrected chi connectivity index (χ0v) is 15.9. The van der Waals surface area contributed by atoms with Crippen molar-refractivity contribution in [1.82, 2.24) is 19.8 Å². The van der Waals surface area contributed by atoms with Gasteiger partial charge in [-0.05, 0) is 48.7 Å². The summed E-state index contributed by atoms with van der Waals surface area (Å²) in [5.41, 5.74) is 2.78. The molecule has 1 aliphatic rings. The van der Waals surface area contributed by atoms with Gasteiger partial charge in [0.2, 0.25) is 0 Å². The first-order valence-electron chi connectivity index (χ1n) is 9.78. The van der Waals surface area contributed by atoms with Crippen LogP contribution >= 0.6 is 0 Å². The third-order valence-electron chi connectivity index (χ3n) is 5.34. The smallest absolute Gasteiger partial charge is 0.185 e. The fraction of sp³-hybridized carbons (Fsp3) is 0.227. The first-order chi connectivity index (χ1) is 14.3. The predicted molar refractivity (Wildman–Crippen MR) is 111 cm³/mol. The van der Waals surface area contributed by atoms with E-state index in [1.807, 2.05) is 54.6 Å². The SMILES string of the molecule is Fc1ccc(N2CC[C@@H](CNc3ccc4nnc(-c5ccccc5)n4n3)C2)cc1. The first kappa shape index (κ1) is 17.6. The number of aromatic nitrogens is 4. The highest BCUT2D eigenvalue weighted by Crippen LogP contribution is 2.24. The first-order valence-corrected chi connectivity index (χ1v) is 9.78. The summed E-state index contributed by atoms with van der Waals surface area (Å²) in [6, 6.07) is 20.5. The standard InChI is InChI=1S/C22H21FN6/c23-18-6-8-19(9-7-18)28-13-12-16(15-28)14-24-20-10-11-21-25-26-22(29(21)27-20)17-4-2-1-3-5-17/h1-11,16H,12-15H2,(H,24,27)/t16-/m0/s1. The molecule has 2 aromatic heterocycles. The Morgan fingerprint density at radius 3 is 2.62 bits per heavy atom. The van der Waals surface area contributed by atoms with Crippen LogP contribution in [0, 0.1) is 11.7 Å². The maximum absolute atomic E-state index is 13.1. The number of hydrogen-bond donors (Lipinski definition) is 1. The molecule has 1 aliphatic heterocycles. The zero-order valence-electron chi connectivity index (χ0n) is 15.9. The fourth-order valence-corrected chi connectivity index (χ4v) is 3.78. The molecule has 1 atom stereocenters. The molecule has 146 valence electrons. The van der Waals surface area contributed by atoms with E-state index in [2.05, 4.69) is 25.5 Å². The number of fused-ring (bicyclic) bond motifs is 1. The van der Waals surface area contributed by atoms with E-state index in [1.165, 1.54) is 12.1 Å². The summed E-state index contributed by atoms with van der Waals surface area (Å²) in [7, 11) is 0. The predicted octanol–water partition coefficient (Wildman–Crippen LogP) is 3.87. The van der Waals surface area contributed by atoms with E-state index < -0.39 is 0 Å². The number of halogens is 1. The second-order valence-corrected chi connectivity index (χ2v) is 7.34. The average Bonchev–Trinajstić information content (AvgIpc) is 3.40. The van der Waals surface area contributed by atoms with Crippen LogP contribution in [0.5, 0.6) is 0 Å². The number of nitrogens with zero attached hydrogens (tertiary/aromatic N) is 5. The molecule has 5 rings (SSSR count). The molecule has 29 heavy (non-hydrogen) atoms. The van der Waals surface area contributed by atoms with Crippen LogP contribution in [0.1, 0.15) is 6.42 Å². The summed E-state index contributed by atoms with van der Waals surface area (Å²) >= 11 is 0. The third-order valence-corrected chi connectivity index (χ3v) is 5.34. The van der Waals surface area contributed by atoms with Crippen molar-refractivity contribution in [3.05, 3.63) is 72.5 Å². The molecular weight excluding hydrogens is 367 g/mol. The summed E-state index contributed by atoms with van der Waals surface area (Å²) in [4.78, 5) is 2.30. The van der Waals surface area contributed by atoms with E-state index in [0.29, 0.717) is 5.92 Å². The molecule has 2 aromatic carbocycles. The van der Waals surface area contributed by atoms with Crippen molar-refractivity contribution in [2.75, 3.05) is 29.9 Å². The Labute approximate surface area is 168 Å². The minimum Gasteiger partial charge on any atom is -0.371 e. The van der Waals surface area contributed by atoms with Crippen LogP contribution in [-0.2, 0) is 0 Å². The van der Waals surface area contributed by atoms with Gasteiger partial charge in [-0.15, -0.1) is 15.3 Å². The molecule has 0 saturated carbocycles. The van der Waals surface area contributed by atoms with Gasteiger partial charge in [0.1, 0.15) is 11.6 Å². The Balaban J connectivity index is 1.27. The molecule has 1 N–H and O–H groups in total. The number of anilines is 2. The molecule has 3 heterocycles.